The molecule has 1 aromatic heterocycles. The van der Waals surface area contributed by atoms with E-state index in [9.17, 15) is 4.79 Å². The van der Waals surface area contributed by atoms with Gasteiger partial charge in [0.05, 0.1) is 14.2 Å². The normalized spacial score (nSPS) is 10.9. The summed E-state index contributed by atoms with van der Waals surface area (Å²) in [7, 11) is 2.91. The van der Waals surface area contributed by atoms with Gasteiger partial charge in [-0.2, -0.15) is 5.48 Å². The minimum absolute atomic E-state index is 0.365. The van der Waals surface area contributed by atoms with Crippen LogP contribution in [0.25, 0.3) is 22.6 Å². The van der Waals surface area contributed by atoms with Crippen molar-refractivity contribution in [2.24, 2.45) is 0 Å². The average Bonchev–Trinajstić information content (AvgIpc) is 3.03. The molecule has 6 nitrogen and oxygen atoms in total. The maximum atomic E-state index is 11.8. The molecule has 0 bridgehead atoms. The Hall–Kier alpha value is -2.70. The summed E-state index contributed by atoms with van der Waals surface area (Å²) in [6.45, 7) is 0.608. The highest BCUT2D eigenvalue weighted by Gasteiger charge is 2.16. The highest BCUT2D eigenvalue weighted by atomic mass is 16.6. The summed E-state index contributed by atoms with van der Waals surface area (Å²) >= 11 is 0. The molecule has 0 atom stereocenters. The quantitative estimate of drug-likeness (QED) is 0.577. The second kappa shape index (κ2) is 6.60. The minimum Gasteiger partial charge on any atom is -0.465 e. The molecule has 3 rings (SSSR count). The topological polar surface area (TPSA) is 73.6 Å². The van der Waals surface area contributed by atoms with Crippen LogP contribution in [-0.2, 0) is 16.1 Å². The Kier molecular flexibility index (Phi) is 4.36. The molecule has 0 unspecified atom stereocenters. The fraction of sp³-hybridized carbons (Fsp3) is 0.176. The summed E-state index contributed by atoms with van der Waals surface area (Å²) in [4.78, 5) is 21.0. The molecule has 23 heavy (non-hydrogen) atoms. The number of rotatable bonds is 5. The van der Waals surface area contributed by atoms with Gasteiger partial charge in [-0.25, -0.2) is 9.78 Å². The first kappa shape index (κ1) is 15.2. The molecule has 0 spiro atoms. The lowest BCUT2D eigenvalue weighted by Gasteiger charge is -2.02. The van der Waals surface area contributed by atoms with Crippen molar-refractivity contribution in [3.8, 4) is 11.5 Å². The Morgan fingerprint density at radius 3 is 2.65 bits per heavy atom. The molecule has 1 N–H and O–H groups in total. The Labute approximate surface area is 133 Å². The van der Waals surface area contributed by atoms with E-state index in [0.29, 0.717) is 29.1 Å². The van der Waals surface area contributed by atoms with Gasteiger partial charge in [0.25, 0.3) is 0 Å². The molecular weight excluding hydrogens is 296 g/mol. The highest BCUT2D eigenvalue weighted by Crippen LogP contribution is 2.27. The number of ether oxygens (including phenoxy) is 1. The summed E-state index contributed by atoms with van der Waals surface area (Å²) in [5.41, 5.74) is 6.10. The predicted molar refractivity (Wildman–Crippen MR) is 84.6 cm³/mol. The smallest absolute Gasteiger partial charge is 0.341 e. The van der Waals surface area contributed by atoms with Crippen LogP contribution in [0.5, 0.6) is 0 Å². The van der Waals surface area contributed by atoms with E-state index in [0.717, 1.165) is 11.1 Å². The summed E-state index contributed by atoms with van der Waals surface area (Å²) in [5.74, 6) is 0.0156. The van der Waals surface area contributed by atoms with Gasteiger partial charge in [-0.15, -0.1) is 0 Å². The van der Waals surface area contributed by atoms with E-state index in [1.165, 1.54) is 7.11 Å². The number of para-hydroxylation sites is 1. The maximum absolute atomic E-state index is 11.8. The van der Waals surface area contributed by atoms with Crippen LogP contribution in [-0.4, -0.2) is 25.2 Å². The van der Waals surface area contributed by atoms with Crippen LogP contribution in [0.4, 0.5) is 0 Å². The number of esters is 1. The van der Waals surface area contributed by atoms with Crippen LogP contribution in [0, 0.1) is 0 Å². The fourth-order valence-electron chi connectivity index (χ4n) is 2.26. The second-order valence-electron chi connectivity index (χ2n) is 4.89. The van der Waals surface area contributed by atoms with Crippen molar-refractivity contribution < 1.29 is 18.8 Å². The zero-order chi connectivity index (χ0) is 16.2. The van der Waals surface area contributed by atoms with Crippen molar-refractivity contribution in [2.75, 3.05) is 14.2 Å². The zero-order valence-corrected chi connectivity index (χ0v) is 12.8. The van der Waals surface area contributed by atoms with Gasteiger partial charge in [0.1, 0.15) is 11.1 Å². The molecular formula is C17H16N2O4. The molecule has 0 amide bonds. The Morgan fingerprint density at radius 1 is 1.17 bits per heavy atom. The summed E-state index contributed by atoms with van der Waals surface area (Å²) in [5, 5.41) is 0. The lowest BCUT2D eigenvalue weighted by atomic mass is 10.1. The predicted octanol–water partition coefficient (Wildman–Crippen LogP) is 2.93. The van der Waals surface area contributed by atoms with Crippen molar-refractivity contribution in [1.29, 1.82) is 0 Å². The number of aromatic nitrogens is 1. The van der Waals surface area contributed by atoms with E-state index in [1.807, 2.05) is 24.3 Å². The van der Waals surface area contributed by atoms with Crippen molar-refractivity contribution in [3.63, 3.8) is 0 Å². The number of hydrogen-bond donors (Lipinski definition) is 1. The van der Waals surface area contributed by atoms with Gasteiger partial charge in [0, 0.05) is 12.1 Å². The van der Waals surface area contributed by atoms with Crippen molar-refractivity contribution in [3.05, 3.63) is 53.6 Å². The standard InChI is InChI=1S/C17H16N2O4/c1-21-17(20)13-4-3-5-14-15(13)23-16(19-14)12-8-6-11(7-9-12)10-18-22-2/h3-9,18H,10H2,1-2H3. The number of hydrogen-bond acceptors (Lipinski definition) is 6. The Balaban J connectivity index is 1.95. The molecule has 0 saturated heterocycles. The molecule has 0 radical (unpaired) electrons. The van der Waals surface area contributed by atoms with E-state index in [1.54, 1.807) is 25.3 Å². The van der Waals surface area contributed by atoms with Gasteiger partial charge in [0.15, 0.2) is 5.58 Å². The number of nitrogens with zero attached hydrogens (tertiary/aromatic N) is 1. The highest BCUT2D eigenvalue weighted by molar-refractivity contribution is 6.01. The van der Waals surface area contributed by atoms with Crippen molar-refractivity contribution >= 4 is 17.1 Å². The third-order valence-corrected chi connectivity index (χ3v) is 3.44. The van der Waals surface area contributed by atoms with Crippen LogP contribution >= 0.6 is 0 Å². The first-order chi connectivity index (χ1) is 11.2. The first-order valence-electron chi connectivity index (χ1n) is 7.06. The molecule has 0 aliphatic heterocycles. The van der Waals surface area contributed by atoms with Crippen LogP contribution in [0.1, 0.15) is 15.9 Å². The van der Waals surface area contributed by atoms with Gasteiger partial charge in [0.2, 0.25) is 5.89 Å². The largest absolute Gasteiger partial charge is 0.465 e. The minimum atomic E-state index is -0.445. The van der Waals surface area contributed by atoms with Gasteiger partial charge in [-0.05, 0) is 29.8 Å². The van der Waals surface area contributed by atoms with Crippen LogP contribution in [0.15, 0.2) is 46.9 Å². The van der Waals surface area contributed by atoms with Crippen molar-refractivity contribution in [1.82, 2.24) is 10.5 Å². The zero-order valence-electron chi connectivity index (χ0n) is 12.8. The maximum Gasteiger partial charge on any atom is 0.341 e. The molecule has 0 saturated carbocycles. The monoisotopic (exact) mass is 312 g/mol. The van der Waals surface area contributed by atoms with E-state index < -0.39 is 5.97 Å². The number of carbonyl (C=O) groups excluding carboxylic acids is 1. The third kappa shape index (κ3) is 3.08. The Morgan fingerprint density at radius 2 is 1.96 bits per heavy atom. The lowest BCUT2D eigenvalue weighted by Crippen LogP contribution is -2.10. The number of benzene rings is 2. The lowest BCUT2D eigenvalue weighted by molar-refractivity contribution is 0.0602. The van der Waals surface area contributed by atoms with Crippen LogP contribution in [0.2, 0.25) is 0 Å². The van der Waals surface area contributed by atoms with Crippen LogP contribution < -0.4 is 5.48 Å². The molecule has 0 aliphatic carbocycles. The second-order valence-corrected chi connectivity index (χ2v) is 4.89. The number of hydroxylamine groups is 1. The summed E-state index contributed by atoms with van der Waals surface area (Å²) in [6.07, 6.45) is 0. The van der Waals surface area contributed by atoms with Gasteiger partial charge in [-0.1, -0.05) is 18.2 Å². The van der Waals surface area contributed by atoms with Gasteiger partial charge >= 0.3 is 5.97 Å². The van der Waals surface area contributed by atoms with Crippen molar-refractivity contribution in [2.45, 2.75) is 6.54 Å². The number of carbonyl (C=O) groups is 1. The molecule has 118 valence electrons. The molecule has 3 aromatic rings. The number of methoxy groups -OCH3 is 1. The van der Waals surface area contributed by atoms with E-state index >= 15 is 0 Å². The number of oxazole rings is 1. The first-order valence-corrected chi connectivity index (χ1v) is 7.06. The van der Waals surface area contributed by atoms with E-state index in [4.69, 9.17) is 14.0 Å². The summed E-state index contributed by atoms with van der Waals surface area (Å²) < 4.78 is 10.5. The molecule has 6 heteroatoms. The SMILES string of the molecule is CONCc1ccc(-c2nc3cccc(C(=O)OC)c3o2)cc1. The van der Waals surface area contributed by atoms with E-state index in [2.05, 4.69) is 10.5 Å². The van der Waals surface area contributed by atoms with Gasteiger partial charge < -0.3 is 14.0 Å². The molecule has 2 aromatic carbocycles. The molecule has 0 aliphatic rings. The Bertz CT molecular complexity index is 824. The fourth-order valence-corrected chi connectivity index (χ4v) is 2.26. The average molecular weight is 312 g/mol. The molecule has 0 fully saturated rings. The molecule has 1 heterocycles. The van der Waals surface area contributed by atoms with Crippen LogP contribution in [0.3, 0.4) is 0 Å². The van der Waals surface area contributed by atoms with Gasteiger partial charge in [-0.3, -0.25) is 0 Å². The summed E-state index contributed by atoms with van der Waals surface area (Å²) in [6, 6.07) is 12.9. The number of fused-ring (bicyclic) bond motifs is 1. The number of nitrogens with one attached hydrogen (secondary N) is 1. The third-order valence-electron chi connectivity index (χ3n) is 3.44. The van der Waals surface area contributed by atoms with E-state index in [-0.39, 0.29) is 0 Å².